The molecular formula is C19H26N2. The van der Waals surface area contributed by atoms with Crippen molar-refractivity contribution in [3.8, 4) is 0 Å². The first kappa shape index (κ1) is 14.4. The van der Waals surface area contributed by atoms with Gasteiger partial charge in [-0.3, -0.25) is 4.98 Å². The summed E-state index contributed by atoms with van der Waals surface area (Å²) in [5.74, 6) is 0. The summed E-state index contributed by atoms with van der Waals surface area (Å²) in [6.07, 6.45) is 5.62. The van der Waals surface area contributed by atoms with Gasteiger partial charge >= 0.3 is 0 Å². The van der Waals surface area contributed by atoms with Crippen molar-refractivity contribution < 1.29 is 0 Å². The Kier molecular flexibility index (Phi) is 3.43. The zero-order chi connectivity index (χ0) is 15.1. The molecule has 1 aromatic carbocycles. The average Bonchev–Trinajstić information content (AvgIpc) is 2.35. The summed E-state index contributed by atoms with van der Waals surface area (Å²) in [6.45, 7) is 9.57. The maximum Gasteiger partial charge on any atom is 0.0933 e. The lowest BCUT2D eigenvalue weighted by Crippen LogP contribution is -2.40. The molecule has 1 saturated carbocycles. The van der Waals surface area contributed by atoms with E-state index in [-0.39, 0.29) is 0 Å². The highest BCUT2D eigenvalue weighted by molar-refractivity contribution is 5.90. The van der Waals surface area contributed by atoms with Crippen LogP contribution < -0.4 is 5.32 Å². The second kappa shape index (κ2) is 5.01. The van der Waals surface area contributed by atoms with Gasteiger partial charge in [-0.1, -0.05) is 45.9 Å². The highest BCUT2D eigenvalue weighted by Gasteiger charge is 2.38. The predicted molar refractivity (Wildman–Crippen MR) is 90.6 cm³/mol. The lowest BCUT2D eigenvalue weighted by Gasteiger charge is -2.45. The van der Waals surface area contributed by atoms with Crippen LogP contribution in [0.4, 0.5) is 5.69 Å². The topological polar surface area (TPSA) is 24.9 Å². The third-order valence-corrected chi connectivity index (χ3v) is 4.55. The van der Waals surface area contributed by atoms with Gasteiger partial charge < -0.3 is 5.32 Å². The van der Waals surface area contributed by atoms with Crippen LogP contribution in [0.2, 0.25) is 0 Å². The van der Waals surface area contributed by atoms with Crippen molar-refractivity contribution in [2.75, 3.05) is 5.32 Å². The van der Waals surface area contributed by atoms with Gasteiger partial charge in [-0.15, -0.1) is 0 Å². The SMILES string of the molecule is CC1(C)CC(Nc2cccc3cccnc23)CC(C)(C)C1. The van der Waals surface area contributed by atoms with Crippen molar-refractivity contribution in [1.29, 1.82) is 0 Å². The molecule has 0 bridgehead atoms. The van der Waals surface area contributed by atoms with E-state index >= 15 is 0 Å². The van der Waals surface area contributed by atoms with E-state index in [1.165, 1.54) is 30.3 Å². The number of hydrogen-bond donors (Lipinski definition) is 1. The first-order valence-corrected chi connectivity index (χ1v) is 7.95. The van der Waals surface area contributed by atoms with Crippen molar-refractivity contribution in [3.05, 3.63) is 36.5 Å². The van der Waals surface area contributed by atoms with Gasteiger partial charge in [0.1, 0.15) is 0 Å². The number of benzene rings is 1. The monoisotopic (exact) mass is 282 g/mol. The molecule has 2 heteroatoms. The summed E-state index contributed by atoms with van der Waals surface area (Å²) in [7, 11) is 0. The van der Waals surface area contributed by atoms with Crippen molar-refractivity contribution in [2.45, 2.75) is 53.0 Å². The van der Waals surface area contributed by atoms with Crippen LogP contribution in [0.25, 0.3) is 10.9 Å². The second-order valence-electron chi connectivity index (χ2n) is 8.14. The number of para-hydroxylation sites is 1. The Balaban J connectivity index is 1.88. The zero-order valence-electron chi connectivity index (χ0n) is 13.6. The molecule has 0 atom stereocenters. The zero-order valence-corrected chi connectivity index (χ0v) is 13.6. The average molecular weight is 282 g/mol. The van der Waals surface area contributed by atoms with Crippen molar-refractivity contribution in [3.63, 3.8) is 0 Å². The largest absolute Gasteiger partial charge is 0.381 e. The van der Waals surface area contributed by atoms with Gasteiger partial charge in [0.2, 0.25) is 0 Å². The maximum atomic E-state index is 4.56. The molecular weight excluding hydrogens is 256 g/mol. The van der Waals surface area contributed by atoms with E-state index in [2.05, 4.69) is 62.3 Å². The van der Waals surface area contributed by atoms with Crippen molar-refractivity contribution in [2.24, 2.45) is 10.8 Å². The first-order chi connectivity index (χ1) is 9.85. The summed E-state index contributed by atoms with van der Waals surface area (Å²) >= 11 is 0. The number of fused-ring (bicyclic) bond motifs is 1. The first-order valence-electron chi connectivity index (χ1n) is 7.95. The Morgan fingerprint density at radius 1 is 1.00 bits per heavy atom. The van der Waals surface area contributed by atoms with Gasteiger partial charge in [0.15, 0.2) is 0 Å². The van der Waals surface area contributed by atoms with Gasteiger partial charge in [0, 0.05) is 17.6 Å². The summed E-state index contributed by atoms with van der Waals surface area (Å²) in [5.41, 5.74) is 3.06. The fourth-order valence-corrected chi connectivity index (χ4v) is 4.39. The van der Waals surface area contributed by atoms with Crippen LogP contribution >= 0.6 is 0 Å². The van der Waals surface area contributed by atoms with Gasteiger partial charge in [-0.2, -0.15) is 0 Å². The van der Waals surface area contributed by atoms with Gasteiger partial charge in [0.05, 0.1) is 11.2 Å². The minimum atomic E-state index is 0.400. The lowest BCUT2D eigenvalue weighted by atomic mass is 9.63. The lowest BCUT2D eigenvalue weighted by molar-refractivity contribution is 0.105. The minimum Gasteiger partial charge on any atom is -0.381 e. The molecule has 0 radical (unpaired) electrons. The van der Waals surface area contributed by atoms with Crippen LogP contribution in [-0.2, 0) is 0 Å². The molecule has 112 valence electrons. The van der Waals surface area contributed by atoms with Crippen molar-refractivity contribution in [1.82, 2.24) is 4.98 Å². The Labute approximate surface area is 128 Å². The van der Waals surface area contributed by atoms with E-state index in [0.717, 1.165) is 5.52 Å². The predicted octanol–water partition coefficient (Wildman–Crippen LogP) is 5.25. The van der Waals surface area contributed by atoms with E-state index in [1.54, 1.807) is 0 Å². The highest BCUT2D eigenvalue weighted by Crippen LogP contribution is 2.46. The van der Waals surface area contributed by atoms with Gasteiger partial charge in [0.25, 0.3) is 0 Å². The molecule has 1 aliphatic carbocycles. The Morgan fingerprint density at radius 3 is 2.38 bits per heavy atom. The molecule has 1 aliphatic rings. The maximum absolute atomic E-state index is 4.56. The van der Waals surface area contributed by atoms with E-state index in [9.17, 15) is 0 Å². The number of nitrogens with one attached hydrogen (secondary N) is 1. The van der Waals surface area contributed by atoms with E-state index in [1.807, 2.05) is 12.3 Å². The van der Waals surface area contributed by atoms with E-state index in [4.69, 9.17) is 0 Å². The van der Waals surface area contributed by atoms with Crippen LogP contribution in [-0.4, -0.2) is 11.0 Å². The number of hydrogen-bond acceptors (Lipinski definition) is 2. The third kappa shape index (κ3) is 3.20. The smallest absolute Gasteiger partial charge is 0.0933 e. The molecule has 0 saturated heterocycles. The molecule has 0 aliphatic heterocycles. The minimum absolute atomic E-state index is 0.400. The fourth-order valence-electron chi connectivity index (χ4n) is 4.39. The molecule has 0 unspecified atom stereocenters. The molecule has 0 amide bonds. The van der Waals surface area contributed by atoms with E-state index in [0.29, 0.717) is 16.9 Å². The van der Waals surface area contributed by atoms with Gasteiger partial charge in [-0.25, -0.2) is 0 Å². The van der Waals surface area contributed by atoms with Crippen LogP contribution in [0.1, 0.15) is 47.0 Å². The number of nitrogens with zero attached hydrogens (tertiary/aromatic N) is 1. The molecule has 1 N–H and O–H groups in total. The van der Waals surface area contributed by atoms with Gasteiger partial charge in [-0.05, 0) is 42.2 Å². The highest BCUT2D eigenvalue weighted by atomic mass is 14.9. The van der Waals surface area contributed by atoms with Crippen LogP contribution in [0.15, 0.2) is 36.5 Å². The molecule has 0 spiro atoms. The fraction of sp³-hybridized carbons (Fsp3) is 0.526. The summed E-state index contributed by atoms with van der Waals surface area (Å²) < 4.78 is 0. The molecule has 2 nitrogen and oxygen atoms in total. The standard InChI is InChI=1S/C19H26N2/c1-18(2)11-15(12-19(3,4)13-18)21-16-9-5-7-14-8-6-10-20-17(14)16/h5-10,15,21H,11-13H2,1-4H3. The van der Waals surface area contributed by atoms with Crippen LogP contribution in [0.3, 0.4) is 0 Å². The number of anilines is 1. The normalized spacial score (nSPS) is 21.3. The Bertz CT molecular complexity index is 622. The molecule has 1 aromatic heterocycles. The van der Waals surface area contributed by atoms with Crippen LogP contribution in [0, 0.1) is 10.8 Å². The Morgan fingerprint density at radius 2 is 1.67 bits per heavy atom. The van der Waals surface area contributed by atoms with E-state index < -0.39 is 0 Å². The van der Waals surface area contributed by atoms with Crippen LogP contribution in [0.5, 0.6) is 0 Å². The molecule has 21 heavy (non-hydrogen) atoms. The summed E-state index contributed by atoms with van der Waals surface area (Å²) in [6, 6.07) is 11.1. The van der Waals surface area contributed by atoms with Crippen molar-refractivity contribution >= 4 is 16.6 Å². The molecule has 1 fully saturated rings. The number of rotatable bonds is 2. The Hall–Kier alpha value is -1.57. The third-order valence-electron chi connectivity index (χ3n) is 4.55. The summed E-state index contributed by atoms with van der Waals surface area (Å²) in [5, 5.41) is 4.98. The molecule has 1 heterocycles. The number of aromatic nitrogens is 1. The quantitative estimate of drug-likeness (QED) is 0.813. The number of pyridine rings is 1. The second-order valence-corrected chi connectivity index (χ2v) is 8.14. The molecule has 3 rings (SSSR count). The molecule has 2 aromatic rings. The summed E-state index contributed by atoms with van der Waals surface area (Å²) in [4.78, 5) is 4.56.